The first-order valence-corrected chi connectivity index (χ1v) is 20.2. The predicted octanol–water partition coefficient (Wildman–Crippen LogP) is 12.9. The minimum absolute atomic E-state index is 0.0849. The van der Waals surface area contributed by atoms with Gasteiger partial charge in [-0.25, -0.2) is 4.39 Å². The lowest BCUT2D eigenvalue weighted by Crippen LogP contribution is -2.70. The standard InChI is InChI=1S/C22H25F11O2.C13H19F3O2.C3F8O/c1-8-9(2)12-7-11(8)15-10-5-13(16(12)15)14(6-10)17(34)35-4-3-18(23,24)20(26,27)19(25,21(28,29)30)22(31,32)33;1-7-8(2)10-5-9(7)6-11(10)12(17)18-4-3-13(14,15)16;4-1(12-11,2(5,6)7)3(8,9)10/h8-16H,3-7H2,1-2H3;7-11H,3-6H2,1-2H3;. The van der Waals surface area contributed by atoms with Crippen molar-refractivity contribution < 1.29 is 121 Å². The number of ether oxygens (including phenoxy) is 2. The zero-order valence-electron chi connectivity index (χ0n) is 34.3. The Morgan fingerprint density at radius 2 is 0.862 bits per heavy atom. The summed E-state index contributed by atoms with van der Waals surface area (Å²) in [6, 6.07) is 0. The zero-order valence-corrected chi connectivity index (χ0v) is 34.3. The van der Waals surface area contributed by atoms with Crippen molar-refractivity contribution in [2.45, 2.75) is 127 Å². The summed E-state index contributed by atoms with van der Waals surface area (Å²) in [4.78, 5) is 25.6. The molecule has 27 heteroatoms. The first-order valence-electron chi connectivity index (χ1n) is 20.2. The Bertz CT molecular complexity index is 1640. The Hall–Kier alpha value is -2.64. The Kier molecular flexibility index (Phi) is 15.2. The van der Waals surface area contributed by atoms with Crippen LogP contribution in [0.15, 0.2) is 0 Å². The van der Waals surface area contributed by atoms with E-state index in [1.54, 1.807) is 0 Å². The van der Waals surface area contributed by atoms with Crippen LogP contribution in [0.3, 0.4) is 0 Å². The van der Waals surface area contributed by atoms with Gasteiger partial charge >= 0.3 is 66.2 Å². The summed E-state index contributed by atoms with van der Waals surface area (Å²) in [7, 11) is 0. The second-order valence-corrected chi connectivity index (χ2v) is 18.2. The summed E-state index contributed by atoms with van der Waals surface area (Å²) in [5.74, 6) is -17.1. The third kappa shape index (κ3) is 9.82. The number of halogens is 22. The normalized spacial score (nSPS) is 34.7. The number of carbonyl (C=O) groups excluding carboxylic acids is 2. The molecule has 5 nitrogen and oxygen atoms in total. The maximum Gasteiger partial charge on any atom is 0.461 e. The average Bonchev–Trinajstić information content (AvgIpc) is 4.00. The Morgan fingerprint density at radius 3 is 1.25 bits per heavy atom. The number of fused-ring (bicyclic) bond motifs is 11. The van der Waals surface area contributed by atoms with E-state index in [0.717, 1.165) is 25.7 Å². The van der Waals surface area contributed by atoms with Crippen molar-refractivity contribution in [1.82, 2.24) is 0 Å². The number of hydrogen-bond acceptors (Lipinski definition) is 5. The number of esters is 2. The molecule has 6 bridgehead atoms. The van der Waals surface area contributed by atoms with Crippen molar-refractivity contribution >= 4 is 11.9 Å². The summed E-state index contributed by atoms with van der Waals surface area (Å²) in [5, 5.41) is 0. The van der Waals surface area contributed by atoms with Crippen LogP contribution in [0.1, 0.15) is 72.6 Å². The van der Waals surface area contributed by atoms with Gasteiger partial charge in [-0.05, 0) is 108 Å². The van der Waals surface area contributed by atoms with Gasteiger partial charge in [-0.15, -0.1) is 4.94 Å². The highest BCUT2D eigenvalue weighted by atomic mass is 19.4. The van der Waals surface area contributed by atoms with Crippen molar-refractivity contribution in [1.29, 1.82) is 0 Å². The van der Waals surface area contributed by atoms with E-state index in [0.29, 0.717) is 59.7 Å². The number of alkyl halides is 21. The van der Waals surface area contributed by atoms with Crippen LogP contribution in [-0.4, -0.2) is 79.4 Å². The maximum atomic E-state index is 13.9. The molecule has 0 spiro atoms. The average molecular weight is 999 g/mol. The van der Waals surface area contributed by atoms with E-state index in [-0.39, 0.29) is 23.7 Å². The zero-order chi connectivity index (χ0) is 50.2. The molecule has 0 aromatic heterocycles. The molecule has 14 unspecified atom stereocenters. The van der Waals surface area contributed by atoms with Crippen LogP contribution >= 0.6 is 0 Å². The molecule has 6 fully saturated rings. The van der Waals surface area contributed by atoms with Gasteiger partial charge in [0, 0.05) is 0 Å². The molecule has 6 aliphatic carbocycles. The van der Waals surface area contributed by atoms with Gasteiger partial charge in [0.1, 0.15) is 0 Å². The number of carbonyl (C=O) groups is 2. The Labute approximate surface area is 355 Å². The fraction of sp³-hybridized carbons (Fsp3) is 0.947. The highest BCUT2D eigenvalue weighted by Gasteiger charge is 2.90. The van der Waals surface area contributed by atoms with Gasteiger partial charge in [0.05, 0.1) is 37.9 Å². The van der Waals surface area contributed by atoms with Crippen LogP contribution in [0.4, 0.5) is 96.7 Å². The van der Waals surface area contributed by atoms with Gasteiger partial charge in [0.2, 0.25) is 0 Å². The maximum absolute atomic E-state index is 13.9. The van der Waals surface area contributed by atoms with Gasteiger partial charge in [-0.3, -0.25) is 9.59 Å². The third-order valence-corrected chi connectivity index (χ3v) is 15.1. The molecule has 6 saturated carbocycles. The molecule has 0 aromatic rings. The molecule has 380 valence electrons. The van der Waals surface area contributed by atoms with Crippen LogP contribution in [0.2, 0.25) is 0 Å². The summed E-state index contributed by atoms with van der Waals surface area (Å²) in [6.07, 6.45) is -31.4. The summed E-state index contributed by atoms with van der Waals surface area (Å²) >= 11 is 0. The van der Waals surface area contributed by atoms with Gasteiger partial charge in [-0.2, -0.15) is 87.8 Å². The minimum atomic E-state index is -7.49. The van der Waals surface area contributed by atoms with Crippen LogP contribution in [0, 0.1) is 82.9 Å². The molecule has 0 aliphatic heterocycles. The van der Waals surface area contributed by atoms with Crippen molar-refractivity contribution in [3.8, 4) is 0 Å². The van der Waals surface area contributed by atoms with Crippen LogP contribution in [-0.2, 0) is 24.0 Å². The molecule has 6 rings (SSSR count). The van der Waals surface area contributed by atoms with E-state index in [4.69, 9.17) is 4.74 Å². The van der Waals surface area contributed by atoms with E-state index >= 15 is 0 Å². The van der Waals surface area contributed by atoms with E-state index < -0.39 is 98.2 Å². The van der Waals surface area contributed by atoms with Crippen molar-refractivity contribution in [3.05, 3.63) is 0 Å². The summed E-state index contributed by atoms with van der Waals surface area (Å²) in [5.41, 5.74) is -7.49. The number of hydrogen-bond donors (Lipinski definition) is 0. The van der Waals surface area contributed by atoms with E-state index in [1.807, 2.05) is 0 Å². The smallest absolute Gasteiger partial charge is 0.461 e. The van der Waals surface area contributed by atoms with Crippen molar-refractivity contribution in [3.63, 3.8) is 0 Å². The third-order valence-electron chi connectivity index (χ3n) is 15.1. The van der Waals surface area contributed by atoms with Crippen molar-refractivity contribution in [2.24, 2.45) is 82.9 Å². The molecule has 65 heavy (non-hydrogen) atoms. The van der Waals surface area contributed by atoms with Crippen molar-refractivity contribution in [2.75, 3.05) is 13.2 Å². The Balaban J connectivity index is 0.000000255. The molecule has 0 N–H and O–H groups in total. The second kappa shape index (κ2) is 18.0. The molecular weight excluding hydrogens is 954 g/mol. The van der Waals surface area contributed by atoms with Gasteiger partial charge < -0.3 is 9.47 Å². The first kappa shape index (κ1) is 55.0. The summed E-state index contributed by atoms with van der Waals surface area (Å²) < 4.78 is 279. The second-order valence-electron chi connectivity index (χ2n) is 18.2. The quantitative estimate of drug-likeness (QED) is 0.124. The van der Waals surface area contributed by atoms with E-state index in [2.05, 4.69) is 32.4 Å². The molecular formula is C38H44F22O5. The van der Waals surface area contributed by atoms with Gasteiger partial charge in [0.15, 0.2) is 0 Å². The molecule has 0 saturated heterocycles. The van der Waals surface area contributed by atoms with Crippen LogP contribution < -0.4 is 0 Å². The minimum Gasteiger partial charge on any atom is -0.465 e. The lowest BCUT2D eigenvalue weighted by molar-refractivity contribution is -0.479. The predicted molar refractivity (Wildman–Crippen MR) is 176 cm³/mol. The van der Waals surface area contributed by atoms with Crippen LogP contribution in [0.5, 0.6) is 0 Å². The molecule has 6 aliphatic rings. The highest BCUT2D eigenvalue weighted by molar-refractivity contribution is 5.74. The lowest BCUT2D eigenvalue weighted by Gasteiger charge is -2.43. The first-order chi connectivity index (χ1) is 29.1. The highest BCUT2D eigenvalue weighted by Crippen LogP contribution is 2.71. The fourth-order valence-corrected chi connectivity index (χ4v) is 11.6. The lowest BCUT2D eigenvalue weighted by atomic mass is 9.62. The van der Waals surface area contributed by atoms with Gasteiger partial charge in [0.25, 0.3) is 0 Å². The van der Waals surface area contributed by atoms with Crippen LogP contribution in [0.25, 0.3) is 0 Å². The number of rotatable bonds is 10. The SMILES string of the molecule is CC1C(C)C2CC1C1C3CC(C(=O)OCCC(F)(F)C(F)(F)C(F)(C(F)(F)F)C(F)(F)F)C(C3)C21.CC1C2CC(C(=O)OCCC(F)(F)F)C(C2)C1C.FOC(F)(C(F)(F)F)C(F)(F)F. The molecule has 0 amide bonds. The monoisotopic (exact) mass is 998 g/mol. The largest absolute Gasteiger partial charge is 0.465 e. The molecule has 14 atom stereocenters. The molecule has 0 radical (unpaired) electrons. The topological polar surface area (TPSA) is 61.8 Å². The Morgan fingerprint density at radius 1 is 0.462 bits per heavy atom. The summed E-state index contributed by atoms with van der Waals surface area (Å²) in [6.45, 7) is 6.54. The fourth-order valence-electron chi connectivity index (χ4n) is 11.6. The van der Waals surface area contributed by atoms with E-state index in [1.165, 1.54) is 4.94 Å². The molecule has 0 aromatic carbocycles. The molecule has 0 heterocycles. The van der Waals surface area contributed by atoms with Gasteiger partial charge in [-0.1, -0.05) is 27.7 Å². The van der Waals surface area contributed by atoms with E-state index in [9.17, 15) is 106 Å².